The number of imidazole rings is 1. The fourth-order valence-corrected chi connectivity index (χ4v) is 1.08. The Morgan fingerprint density at radius 2 is 2.00 bits per heavy atom. The van der Waals surface area contributed by atoms with Gasteiger partial charge in [0.15, 0.2) is 0 Å². The zero-order valence-corrected chi connectivity index (χ0v) is 7.31. The SMILES string of the molecule is CCc1nc(C(F)(F)F)n(C)c1N. The molecule has 0 saturated carbocycles. The third kappa shape index (κ3) is 1.61. The second kappa shape index (κ2) is 2.93. The molecule has 0 aliphatic rings. The molecule has 6 heteroatoms. The molecule has 2 N–H and O–H groups in total. The van der Waals surface area contributed by atoms with Crippen LogP contribution in [0.1, 0.15) is 18.4 Å². The number of hydrogen-bond acceptors (Lipinski definition) is 2. The van der Waals surface area contributed by atoms with Crippen molar-refractivity contribution >= 4 is 5.82 Å². The lowest BCUT2D eigenvalue weighted by Gasteiger charge is -2.05. The Labute approximate surface area is 73.4 Å². The monoisotopic (exact) mass is 193 g/mol. The Balaban J connectivity index is 3.25. The molecule has 3 nitrogen and oxygen atoms in total. The number of rotatable bonds is 1. The van der Waals surface area contributed by atoms with Crippen LogP contribution in [0.15, 0.2) is 0 Å². The molecule has 0 unspecified atom stereocenters. The van der Waals surface area contributed by atoms with Crippen molar-refractivity contribution in [1.29, 1.82) is 0 Å². The lowest BCUT2D eigenvalue weighted by Crippen LogP contribution is -2.13. The van der Waals surface area contributed by atoms with Crippen molar-refractivity contribution in [1.82, 2.24) is 9.55 Å². The van der Waals surface area contributed by atoms with E-state index in [0.717, 1.165) is 4.57 Å². The number of aryl methyl sites for hydroxylation is 1. The summed E-state index contributed by atoms with van der Waals surface area (Å²) in [5, 5.41) is 0. The molecule has 1 heterocycles. The van der Waals surface area contributed by atoms with Crippen LogP contribution in [0, 0.1) is 0 Å². The Hall–Kier alpha value is -1.20. The highest BCUT2D eigenvalue weighted by Crippen LogP contribution is 2.30. The first-order valence-electron chi connectivity index (χ1n) is 3.76. The van der Waals surface area contributed by atoms with Crippen LogP contribution in [0.5, 0.6) is 0 Å². The van der Waals surface area contributed by atoms with E-state index < -0.39 is 12.0 Å². The van der Waals surface area contributed by atoms with Crippen molar-refractivity contribution in [3.05, 3.63) is 11.5 Å². The van der Waals surface area contributed by atoms with E-state index in [1.807, 2.05) is 0 Å². The summed E-state index contributed by atoms with van der Waals surface area (Å²) in [6.07, 6.45) is -4.04. The second-order valence-corrected chi connectivity index (χ2v) is 2.68. The highest BCUT2D eigenvalue weighted by Gasteiger charge is 2.37. The minimum atomic E-state index is -4.43. The van der Waals surface area contributed by atoms with E-state index in [4.69, 9.17) is 5.73 Å². The summed E-state index contributed by atoms with van der Waals surface area (Å²) in [6.45, 7) is 1.71. The molecule has 13 heavy (non-hydrogen) atoms. The third-order valence-electron chi connectivity index (χ3n) is 1.80. The lowest BCUT2D eigenvalue weighted by molar-refractivity contribution is -0.146. The number of hydrogen-bond donors (Lipinski definition) is 1. The summed E-state index contributed by atoms with van der Waals surface area (Å²) in [4.78, 5) is 3.41. The van der Waals surface area contributed by atoms with Crippen LogP contribution in [0.25, 0.3) is 0 Å². The summed E-state index contributed by atoms with van der Waals surface area (Å²) in [5.41, 5.74) is 5.70. The van der Waals surface area contributed by atoms with Gasteiger partial charge in [-0.1, -0.05) is 6.92 Å². The van der Waals surface area contributed by atoms with Crippen LogP contribution in [0.3, 0.4) is 0 Å². The molecule has 0 atom stereocenters. The Bertz CT molecular complexity index is 314. The zero-order valence-electron chi connectivity index (χ0n) is 7.31. The maximum Gasteiger partial charge on any atom is 0.449 e. The summed E-state index contributed by atoms with van der Waals surface area (Å²) in [5.74, 6) is -0.864. The van der Waals surface area contributed by atoms with Gasteiger partial charge in [0.05, 0.1) is 5.69 Å². The van der Waals surface area contributed by atoms with E-state index in [0.29, 0.717) is 6.42 Å². The maximum absolute atomic E-state index is 12.2. The van der Waals surface area contributed by atoms with Crippen LogP contribution in [0.2, 0.25) is 0 Å². The molecule has 1 rings (SSSR count). The second-order valence-electron chi connectivity index (χ2n) is 2.68. The van der Waals surface area contributed by atoms with Crippen LogP contribution >= 0.6 is 0 Å². The molecule has 0 bridgehead atoms. The van der Waals surface area contributed by atoms with Gasteiger partial charge in [-0.3, -0.25) is 0 Å². The van der Waals surface area contributed by atoms with Crippen molar-refractivity contribution in [2.45, 2.75) is 19.5 Å². The number of halogens is 3. The van der Waals surface area contributed by atoms with Crippen LogP contribution < -0.4 is 5.73 Å². The van der Waals surface area contributed by atoms with Crippen LogP contribution in [-0.2, 0) is 19.6 Å². The molecule has 0 saturated heterocycles. The molecular weight excluding hydrogens is 183 g/mol. The fourth-order valence-electron chi connectivity index (χ4n) is 1.08. The van der Waals surface area contributed by atoms with Gasteiger partial charge in [0, 0.05) is 7.05 Å². The predicted octanol–water partition coefficient (Wildman–Crippen LogP) is 1.58. The van der Waals surface area contributed by atoms with Crippen LogP contribution in [0.4, 0.5) is 19.0 Å². The van der Waals surface area contributed by atoms with Crippen molar-refractivity contribution in [2.24, 2.45) is 7.05 Å². The average molecular weight is 193 g/mol. The van der Waals surface area contributed by atoms with Crippen molar-refractivity contribution in [3.63, 3.8) is 0 Å². The van der Waals surface area contributed by atoms with Gasteiger partial charge in [0.2, 0.25) is 5.82 Å². The Kier molecular flexibility index (Phi) is 2.23. The van der Waals surface area contributed by atoms with Gasteiger partial charge in [0.25, 0.3) is 0 Å². The quantitative estimate of drug-likeness (QED) is 0.735. The number of alkyl halides is 3. The number of nitrogen functional groups attached to an aromatic ring is 1. The van der Waals surface area contributed by atoms with E-state index in [1.54, 1.807) is 6.92 Å². The maximum atomic E-state index is 12.2. The van der Waals surface area contributed by atoms with Gasteiger partial charge < -0.3 is 10.3 Å². The van der Waals surface area contributed by atoms with Gasteiger partial charge in [-0.15, -0.1) is 0 Å². The van der Waals surface area contributed by atoms with Gasteiger partial charge in [-0.25, -0.2) is 4.98 Å². The van der Waals surface area contributed by atoms with Crippen molar-refractivity contribution in [3.8, 4) is 0 Å². The molecule has 0 spiro atoms. The lowest BCUT2D eigenvalue weighted by atomic mass is 10.3. The number of nitrogens with two attached hydrogens (primary N) is 1. The fraction of sp³-hybridized carbons (Fsp3) is 0.571. The highest BCUT2D eigenvalue weighted by atomic mass is 19.4. The van der Waals surface area contributed by atoms with E-state index in [-0.39, 0.29) is 11.5 Å². The first kappa shape index (κ1) is 9.88. The van der Waals surface area contributed by atoms with E-state index in [9.17, 15) is 13.2 Å². The molecule has 0 aliphatic heterocycles. The van der Waals surface area contributed by atoms with Gasteiger partial charge in [-0.05, 0) is 6.42 Å². The molecule has 0 fully saturated rings. The molecule has 0 amide bonds. The van der Waals surface area contributed by atoms with E-state index >= 15 is 0 Å². The minimum absolute atomic E-state index is 0.0785. The van der Waals surface area contributed by atoms with Gasteiger partial charge >= 0.3 is 6.18 Å². The molecule has 0 radical (unpaired) electrons. The summed E-state index contributed by atoms with van der Waals surface area (Å²) < 4.78 is 37.6. The predicted molar refractivity (Wildman–Crippen MR) is 42.0 cm³/mol. The number of aromatic nitrogens is 2. The van der Waals surface area contributed by atoms with Crippen molar-refractivity contribution in [2.75, 3.05) is 5.73 Å². The number of nitrogens with zero attached hydrogens (tertiary/aromatic N) is 2. The third-order valence-corrected chi connectivity index (χ3v) is 1.80. The molecular formula is C7H10F3N3. The first-order chi connectivity index (χ1) is 5.88. The average Bonchev–Trinajstić information content (AvgIpc) is 2.28. The minimum Gasteiger partial charge on any atom is -0.384 e. The largest absolute Gasteiger partial charge is 0.449 e. The van der Waals surface area contributed by atoms with Gasteiger partial charge in [-0.2, -0.15) is 13.2 Å². The molecule has 1 aromatic heterocycles. The number of anilines is 1. The molecule has 1 aromatic rings. The topological polar surface area (TPSA) is 43.8 Å². The van der Waals surface area contributed by atoms with Crippen molar-refractivity contribution < 1.29 is 13.2 Å². The van der Waals surface area contributed by atoms with Gasteiger partial charge in [0.1, 0.15) is 5.82 Å². The molecule has 74 valence electrons. The van der Waals surface area contributed by atoms with E-state index in [2.05, 4.69) is 4.98 Å². The molecule has 0 aromatic carbocycles. The standard InChI is InChI=1S/C7H10F3N3/c1-3-4-5(11)13(2)6(12-4)7(8,9)10/h3,11H2,1-2H3. The smallest absolute Gasteiger partial charge is 0.384 e. The first-order valence-corrected chi connectivity index (χ1v) is 3.76. The zero-order chi connectivity index (χ0) is 10.2. The van der Waals surface area contributed by atoms with Crippen LogP contribution in [-0.4, -0.2) is 9.55 Å². The molecule has 0 aliphatic carbocycles. The summed E-state index contributed by atoms with van der Waals surface area (Å²) in [6, 6.07) is 0. The van der Waals surface area contributed by atoms with E-state index in [1.165, 1.54) is 7.05 Å². The normalized spacial score (nSPS) is 12.1. The Morgan fingerprint density at radius 1 is 1.46 bits per heavy atom. The summed E-state index contributed by atoms with van der Waals surface area (Å²) >= 11 is 0. The highest BCUT2D eigenvalue weighted by molar-refractivity contribution is 5.38. The Morgan fingerprint density at radius 3 is 2.23 bits per heavy atom. The summed E-state index contributed by atoms with van der Waals surface area (Å²) in [7, 11) is 1.25.